The second-order valence-corrected chi connectivity index (χ2v) is 5.58. The highest BCUT2D eigenvalue weighted by atomic mass is 16.5. The molecule has 0 saturated carbocycles. The summed E-state index contributed by atoms with van der Waals surface area (Å²) in [6.45, 7) is 0. The van der Waals surface area contributed by atoms with E-state index in [4.69, 9.17) is 9.47 Å². The summed E-state index contributed by atoms with van der Waals surface area (Å²) in [7, 11) is 2.07. The van der Waals surface area contributed by atoms with Gasteiger partial charge in [0.1, 0.15) is 13.5 Å². The van der Waals surface area contributed by atoms with Crippen molar-refractivity contribution in [3.63, 3.8) is 0 Å². The van der Waals surface area contributed by atoms with Crippen LogP contribution in [0.4, 0.5) is 17.1 Å². The molecule has 0 aliphatic carbocycles. The Kier molecular flexibility index (Phi) is 2.18. The number of fused-ring (bicyclic) bond motifs is 4. The van der Waals surface area contributed by atoms with E-state index in [-0.39, 0.29) is 0 Å². The van der Waals surface area contributed by atoms with Gasteiger partial charge in [0.05, 0.1) is 11.4 Å². The third kappa shape index (κ3) is 1.47. The van der Waals surface area contributed by atoms with Crippen LogP contribution in [0.25, 0.3) is 0 Å². The molecule has 0 aromatic heterocycles. The SMILES string of the molecule is Bc1ccc2c(c1)Oc1cccc3c1N2c1ccccc1O3. The van der Waals surface area contributed by atoms with Crippen molar-refractivity contribution < 1.29 is 9.47 Å². The smallest absolute Gasteiger partial charge is 0.155 e. The van der Waals surface area contributed by atoms with Crippen LogP contribution < -0.4 is 19.8 Å². The Bertz CT molecular complexity index is 923. The number of anilines is 3. The van der Waals surface area contributed by atoms with Gasteiger partial charge in [0.2, 0.25) is 0 Å². The summed E-state index contributed by atoms with van der Waals surface area (Å²) >= 11 is 0. The molecule has 22 heavy (non-hydrogen) atoms. The average molecular weight is 285 g/mol. The van der Waals surface area contributed by atoms with Crippen LogP contribution in [-0.2, 0) is 0 Å². The minimum atomic E-state index is 0.822. The highest BCUT2D eigenvalue weighted by molar-refractivity contribution is 6.32. The maximum Gasteiger partial charge on any atom is 0.155 e. The lowest BCUT2D eigenvalue weighted by atomic mass is 9.95. The van der Waals surface area contributed by atoms with Gasteiger partial charge in [0.25, 0.3) is 0 Å². The molecular weight excluding hydrogens is 273 g/mol. The molecule has 5 rings (SSSR count). The lowest BCUT2D eigenvalue weighted by Gasteiger charge is -2.37. The van der Waals surface area contributed by atoms with Crippen LogP contribution >= 0.6 is 0 Å². The molecular formula is C18H12BNO2. The van der Waals surface area contributed by atoms with Crippen LogP contribution in [0.5, 0.6) is 23.0 Å². The van der Waals surface area contributed by atoms with Crippen LogP contribution in [0, 0.1) is 0 Å². The molecule has 4 heteroatoms. The Morgan fingerprint density at radius 3 is 2.23 bits per heavy atom. The van der Waals surface area contributed by atoms with E-state index in [2.05, 4.69) is 37.0 Å². The van der Waals surface area contributed by atoms with Gasteiger partial charge in [0.15, 0.2) is 23.0 Å². The molecule has 0 amide bonds. The number of nitrogens with zero attached hydrogens (tertiary/aromatic N) is 1. The van der Waals surface area contributed by atoms with Gasteiger partial charge in [0, 0.05) is 0 Å². The third-order valence-electron chi connectivity index (χ3n) is 4.09. The van der Waals surface area contributed by atoms with Crippen molar-refractivity contribution >= 4 is 30.4 Å². The van der Waals surface area contributed by atoms with E-state index in [9.17, 15) is 0 Å². The molecule has 0 bridgehead atoms. The first kappa shape index (κ1) is 11.7. The minimum absolute atomic E-state index is 0.822. The highest BCUT2D eigenvalue weighted by Crippen LogP contribution is 2.58. The molecule has 0 unspecified atom stereocenters. The Balaban J connectivity index is 1.86. The van der Waals surface area contributed by atoms with E-state index >= 15 is 0 Å². The van der Waals surface area contributed by atoms with Crippen molar-refractivity contribution in [3.05, 3.63) is 60.7 Å². The lowest BCUT2D eigenvalue weighted by Crippen LogP contribution is -2.21. The van der Waals surface area contributed by atoms with Crippen molar-refractivity contribution in [2.75, 3.05) is 4.90 Å². The number of benzene rings is 3. The predicted octanol–water partition coefficient (Wildman–Crippen LogP) is 3.63. The van der Waals surface area contributed by atoms with Gasteiger partial charge < -0.3 is 9.47 Å². The molecule has 2 aliphatic heterocycles. The predicted molar refractivity (Wildman–Crippen MR) is 89.5 cm³/mol. The van der Waals surface area contributed by atoms with Gasteiger partial charge in [-0.3, -0.25) is 4.90 Å². The Morgan fingerprint density at radius 2 is 1.36 bits per heavy atom. The first-order valence-electron chi connectivity index (χ1n) is 7.30. The quantitative estimate of drug-likeness (QED) is 0.406. The standard InChI is InChI=1S/C18H12BNO2/c19-11-8-9-13-17(10-11)22-16-7-3-6-15-18(16)20(13)12-4-1-2-5-14(12)21-15/h1-10H,19H2. The summed E-state index contributed by atoms with van der Waals surface area (Å²) in [5, 5.41) is 0. The molecule has 3 nitrogen and oxygen atoms in total. The van der Waals surface area contributed by atoms with Crippen LogP contribution in [0.15, 0.2) is 60.7 Å². The van der Waals surface area contributed by atoms with Crippen molar-refractivity contribution in [2.24, 2.45) is 0 Å². The maximum absolute atomic E-state index is 6.10. The van der Waals surface area contributed by atoms with E-state index in [0.717, 1.165) is 40.1 Å². The van der Waals surface area contributed by atoms with Crippen molar-refractivity contribution in [3.8, 4) is 23.0 Å². The average Bonchev–Trinajstić information content (AvgIpc) is 2.54. The fraction of sp³-hybridized carbons (Fsp3) is 0. The molecule has 2 aliphatic rings. The zero-order valence-corrected chi connectivity index (χ0v) is 12.0. The number of hydrogen-bond acceptors (Lipinski definition) is 3. The molecule has 0 radical (unpaired) electrons. The van der Waals surface area contributed by atoms with E-state index < -0.39 is 0 Å². The van der Waals surface area contributed by atoms with Gasteiger partial charge in [-0.05, 0) is 36.4 Å². The van der Waals surface area contributed by atoms with Gasteiger partial charge in [-0.25, -0.2) is 0 Å². The van der Waals surface area contributed by atoms with Crippen LogP contribution in [-0.4, -0.2) is 7.85 Å². The van der Waals surface area contributed by atoms with Crippen LogP contribution in [0.1, 0.15) is 0 Å². The third-order valence-corrected chi connectivity index (χ3v) is 4.09. The molecule has 104 valence electrons. The van der Waals surface area contributed by atoms with E-state index in [1.807, 2.05) is 36.4 Å². The van der Waals surface area contributed by atoms with E-state index in [1.54, 1.807) is 0 Å². The van der Waals surface area contributed by atoms with Crippen LogP contribution in [0.2, 0.25) is 0 Å². The largest absolute Gasteiger partial charge is 0.453 e. The fourth-order valence-electron chi connectivity index (χ4n) is 3.11. The van der Waals surface area contributed by atoms with Crippen molar-refractivity contribution in [1.29, 1.82) is 0 Å². The molecule has 3 aromatic rings. The monoisotopic (exact) mass is 285 g/mol. The lowest BCUT2D eigenvalue weighted by molar-refractivity contribution is 0.446. The Hall–Kier alpha value is -2.88. The van der Waals surface area contributed by atoms with E-state index in [0.29, 0.717) is 0 Å². The first-order chi connectivity index (χ1) is 10.8. The summed E-state index contributed by atoms with van der Waals surface area (Å²) in [4.78, 5) is 2.22. The molecule has 0 saturated heterocycles. The number of para-hydroxylation sites is 3. The molecule has 0 spiro atoms. The summed E-state index contributed by atoms with van der Waals surface area (Å²) in [6, 6.07) is 20.3. The fourth-order valence-corrected chi connectivity index (χ4v) is 3.11. The molecule has 0 atom stereocenters. The topological polar surface area (TPSA) is 21.7 Å². The maximum atomic E-state index is 6.10. The summed E-state index contributed by atoms with van der Waals surface area (Å²) in [5.74, 6) is 3.38. The molecule has 0 N–H and O–H groups in total. The summed E-state index contributed by atoms with van der Waals surface area (Å²) < 4.78 is 12.1. The molecule has 0 fully saturated rings. The van der Waals surface area contributed by atoms with Gasteiger partial charge in [-0.2, -0.15) is 0 Å². The zero-order chi connectivity index (χ0) is 14.7. The van der Waals surface area contributed by atoms with Crippen molar-refractivity contribution in [2.45, 2.75) is 0 Å². The Labute approximate surface area is 129 Å². The van der Waals surface area contributed by atoms with Crippen molar-refractivity contribution in [1.82, 2.24) is 0 Å². The van der Waals surface area contributed by atoms with E-state index in [1.165, 1.54) is 5.46 Å². The first-order valence-corrected chi connectivity index (χ1v) is 7.30. The zero-order valence-electron chi connectivity index (χ0n) is 12.0. The number of hydrogen-bond donors (Lipinski definition) is 0. The van der Waals surface area contributed by atoms with Crippen LogP contribution in [0.3, 0.4) is 0 Å². The summed E-state index contributed by atoms with van der Waals surface area (Å²) in [5.41, 5.74) is 4.23. The second-order valence-electron chi connectivity index (χ2n) is 5.58. The number of rotatable bonds is 0. The normalized spacial score (nSPS) is 13.4. The Morgan fingerprint density at radius 1 is 0.682 bits per heavy atom. The second kappa shape index (κ2) is 4.07. The molecule has 3 aromatic carbocycles. The van der Waals surface area contributed by atoms with Gasteiger partial charge >= 0.3 is 0 Å². The molecule has 2 heterocycles. The van der Waals surface area contributed by atoms with Gasteiger partial charge in [-0.15, -0.1) is 0 Å². The summed E-state index contributed by atoms with van der Waals surface area (Å²) in [6.07, 6.45) is 0. The van der Waals surface area contributed by atoms with Gasteiger partial charge in [-0.1, -0.05) is 29.7 Å². The number of ether oxygens (including phenoxy) is 2. The minimum Gasteiger partial charge on any atom is -0.453 e. The highest BCUT2D eigenvalue weighted by Gasteiger charge is 2.33.